The molecule has 1 rings (SSSR count). The van der Waals surface area contributed by atoms with Gasteiger partial charge in [-0.3, -0.25) is 4.98 Å². The Hall–Kier alpha value is -1.05. The van der Waals surface area contributed by atoms with E-state index in [1.54, 1.807) is 6.20 Å². The van der Waals surface area contributed by atoms with Crippen LogP contribution >= 0.6 is 0 Å². The summed E-state index contributed by atoms with van der Waals surface area (Å²) in [5.41, 5.74) is 1.05. The van der Waals surface area contributed by atoms with Gasteiger partial charge in [-0.25, -0.2) is 0 Å². The fourth-order valence-corrected chi connectivity index (χ4v) is 1.19. The van der Waals surface area contributed by atoms with Crippen LogP contribution in [0.4, 0.5) is 0 Å². The molecule has 0 bridgehead atoms. The standard InChI is InChI=1S/C11H16NO/c1-3-5-7-10-11(13-4-2)8-6-9-12-10/h6,8-9H,1,3-5,7H2,2H3. The molecule has 0 spiro atoms. The molecule has 2 nitrogen and oxygen atoms in total. The normalized spacial score (nSPS) is 10.0. The van der Waals surface area contributed by atoms with Gasteiger partial charge in [-0.2, -0.15) is 0 Å². The molecule has 0 aliphatic carbocycles. The van der Waals surface area contributed by atoms with Gasteiger partial charge < -0.3 is 4.74 Å². The molecule has 0 aromatic carbocycles. The van der Waals surface area contributed by atoms with Crippen molar-refractivity contribution in [3.8, 4) is 5.75 Å². The molecule has 0 unspecified atom stereocenters. The smallest absolute Gasteiger partial charge is 0.140 e. The summed E-state index contributed by atoms with van der Waals surface area (Å²) in [6, 6.07) is 3.87. The molecule has 71 valence electrons. The molecule has 1 heterocycles. The Morgan fingerprint density at radius 3 is 3.08 bits per heavy atom. The summed E-state index contributed by atoms with van der Waals surface area (Å²) < 4.78 is 5.45. The van der Waals surface area contributed by atoms with Crippen molar-refractivity contribution in [3.05, 3.63) is 30.9 Å². The third-order valence-electron chi connectivity index (χ3n) is 1.81. The largest absolute Gasteiger partial charge is 0.492 e. The second-order valence-corrected chi connectivity index (χ2v) is 2.84. The van der Waals surface area contributed by atoms with Crippen LogP contribution in [-0.2, 0) is 6.42 Å². The summed E-state index contributed by atoms with van der Waals surface area (Å²) in [6.45, 7) is 6.49. The van der Waals surface area contributed by atoms with Gasteiger partial charge in [0.15, 0.2) is 0 Å². The topological polar surface area (TPSA) is 22.1 Å². The molecule has 0 amide bonds. The van der Waals surface area contributed by atoms with Crippen molar-refractivity contribution >= 4 is 0 Å². The maximum Gasteiger partial charge on any atom is 0.140 e. The lowest BCUT2D eigenvalue weighted by molar-refractivity contribution is 0.334. The Labute approximate surface area is 80.0 Å². The monoisotopic (exact) mass is 178 g/mol. The van der Waals surface area contributed by atoms with Crippen molar-refractivity contribution in [2.75, 3.05) is 6.61 Å². The van der Waals surface area contributed by atoms with Gasteiger partial charge >= 0.3 is 0 Å². The Kier molecular flexibility index (Phi) is 4.30. The Balaban J connectivity index is 2.66. The average Bonchev–Trinajstić information content (AvgIpc) is 2.17. The fraction of sp³-hybridized carbons (Fsp3) is 0.455. The highest BCUT2D eigenvalue weighted by molar-refractivity contribution is 5.26. The van der Waals surface area contributed by atoms with Crippen LogP contribution in [0.2, 0.25) is 0 Å². The van der Waals surface area contributed by atoms with Gasteiger partial charge in [0.2, 0.25) is 0 Å². The summed E-state index contributed by atoms with van der Waals surface area (Å²) in [4.78, 5) is 4.28. The highest BCUT2D eigenvalue weighted by atomic mass is 16.5. The van der Waals surface area contributed by atoms with E-state index in [4.69, 9.17) is 4.74 Å². The molecule has 0 saturated heterocycles. The molecule has 0 N–H and O–H groups in total. The maximum atomic E-state index is 5.45. The molecular formula is C11H16NO. The van der Waals surface area contributed by atoms with Crippen LogP contribution in [0.15, 0.2) is 18.3 Å². The third-order valence-corrected chi connectivity index (χ3v) is 1.81. The van der Waals surface area contributed by atoms with E-state index in [1.165, 1.54) is 0 Å². The minimum absolute atomic E-state index is 0.697. The molecular weight excluding hydrogens is 162 g/mol. The van der Waals surface area contributed by atoms with Gasteiger partial charge in [-0.15, -0.1) is 0 Å². The van der Waals surface area contributed by atoms with E-state index in [9.17, 15) is 0 Å². The number of aryl methyl sites for hydroxylation is 1. The van der Waals surface area contributed by atoms with Gasteiger partial charge in [0, 0.05) is 6.20 Å². The van der Waals surface area contributed by atoms with Crippen molar-refractivity contribution in [2.24, 2.45) is 0 Å². The van der Waals surface area contributed by atoms with Crippen LogP contribution in [0.25, 0.3) is 0 Å². The highest BCUT2D eigenvalue weighted by Crippen LogP contribution is 2.17. The molecule has 0 aliphatic heterocycles. The van der Waals surface area contributed by atoms with E-state index >= 15 is 0 Å². The second-order valence-electron chi connectivity index (χ2n) is 2.84. The van der Waals surface area contributed by atoms with Crippen LogP contribution in [0.1, 0.15) is 25.5 Å². The summed E-state index contributed by atoms with van der Waals surface area (Å²) in [7, 11) is 0. The molecule has 0 saturated carbocycles. The number of pyridine rings is 1. The molecule has 2 heteroatoms. The number of rotatable bonds is 5. The summed E-state index contributed by atoms with van der Waals surface area (Å²) in [5, 5.41) is 0. The van der Waals surface area contributed by atoms with Gasteiger partial charge in [0.1, 0.15) is 5.75 Å². The lowest BCUT2D eigenvalue weighted by atomic mass is 10.2. The number of aromatic nitrogens is 1. The van der Waals surface area contributed by atoms with Crippen LogP contribution in [0, 0.1) is 6.92 Å². The van der Waals surface area contributed by atoms with Crippen molar-refractivity contribution in [2.45, 2.75) is 26.2 Å². The van der Waals surface area contributed by atoms with Crippen molar-refractivity contribution in [3.63, 3.8) is 0 Å². The molecule has 0 atom stereocenters. The third kappa shape index (κ3) is 3.05. The summed E-state index contributed by atoms with van der Waals surface area (Å²) in [6.07, 6.45) is 4.78. The van der Waals surface area contributed by atoms with E-state index in [0.717, 1.165) is 30.7 Å². The summed E-state index contributed by atoms with van der Waals surface area (Å²) in [5.74, 6) is 0.915. The van der Waals surface area contributed by atoms with Crippen molar-refractivity contribution in [1.29, 1.82) is 0 Å². The van der Waals surface area contributed by atoms with Crippen molar-refractivity contribution < 1.29 is 4.74 Å². The zero-order chi connectivity index (χ0) is 9.52. The molecule has 13 heavy (non-hydrogen) atoms. The van der Waals surface area contributed by atoms with E-state index < -0.39 is 0 Å². The first-order valence-corrected chi connectivity index (χ1v) is 4.74. The lowest BCUT2D eigenvalue weighted by Gasteiger charge is -2.07. The van der Waals surface area contributed by atoms with Crippen molar-refractivity contribution in [1.82, 2.24) is 4.98 Å². The quantitative estimate of drug-likeness (QED) is 0.691. The fourth-order valence-electron chi connectivity index (χ4n) is 1.19. The molecule has 1 aromatic rings. The predicted octanol–water partition coefficient (Wildman–Crippen LogP) is 2.64. The number of unbranched alkanes of at least 4 members (excludes halogenated alkanes) is 1. The van der Waals surface area contributed by atoms with Crippen LogP contribution in [0.3, 0.4) is 0 Å². The average molecular weight is 178 g/mol. The summed E-state index contributed by atoms with van der Waals surface area (Å²) >= 11 is 0. The van der Waals surface area contributed by atoms with Crippen LogP contribution in [-0.4, -0.2) is 11.6 Å². The first-order valence-electron chi connectivity index (χ1n) is 4.74. The number of hydrogen-bond donors (Lipinski definition) is 0. The molecule has 0 fully saturated rings. The van der Waals surface area contributed by atoms with Crippen LogP contribution < -0.4 is 4.74 Å². The van der Waals surface area contributed by atoms with Crippen LogP contribution in [0.5, 0.6) is 5.75 Å². The lowest BCUT2D eigenvalue weighted by Crippen LogP contribution is -1.98. The highest BCUT2D eigenvalue weighted by Gasteiger charge is 2.02. The SMILES string of the molecule is [CH2]CCCc1ncccc1OCC. The predicted molar refractivity (Wildman–Crippen MR) is 53.7 cm³/mol. The van der Waals surface area contributed by atoms with E-state index in [2.05, 4.69) is 11.9 Å². The molecule has 1 radical (unpaired) electrons. The number of ether oxygens (including phenoxy) is 1. The molecule has 1 aromatic heterocycles. The Bertz CT molecular complexity index is 248. The van der Waals surface area contributed by atoms with Gasteiger partial charge in [0.05, 0.1) is 12.3 Å². The van der Waals surface area contributed by atoms with Gasteiger partial charge in [0.25, 0.3) is 0 Å². The maximum absolute atomic E-state index is 5.45. The minimum atomic E-state index is 0.697. The minimum Gasteiger partial charge on any atom is -0.492 e. The first-order chi connectivity index (χ1) is 6.38. The van der Waals surface area contributed by atoms with Gasteiger partial charge in [-0.1, -0.05) is 13.3 Å². The second kappa shape index (κ2) is 5.57. The molecule has 0 aliphatic rings. The van der Waals surface area contributed by atoms with E-state index in [0.29, 0.717) is 6.61 Å². The van der Waals surface area contributed by atoms with E-state index in [1.807, 2.05) is 19.1 Å². The zero-order valence-electron chi connectivity index (χ0n) is 8.12. The van der Waals surface area contributed by atoms with Gasteiger partial charge in [-0.05, 0) is 31.9 Å². The first kappa shape index (κ1) is 10.0. The zero-order valence-corrected chi connectivity index (χ0v) is 8.12. The Morgan fingerprint density at radius 1 is 1.54 bits per heavy atom. The number of nitrogens with zero attached hydrogens (tertiary/aromatic N) is 1. The van der Waals surface area contributed by atoms with E-state index in [-0.39, 0.29) is 0 Å². The number of hydrogen-bond acceptors (Lipinski definition) is 2. The Morgan fingerprint density at radius 2 is 2.38 bits per heavy atom.